The number of hydrogen-bond acceptors (Lipinski definition) is 6. The quantitative estimate of drug-likeness (QED) is 0.937. The second kappa shape index (κ2) is 5.98. The van der Waals surface area contributed by atoms with Crippen LogP contribution in [0.1, 0.15) is 55.3 Å². The highest BCUT2D eigenvalue weighted by atomic mass is 32.1. The lowest BCUT2D eigenvalue weighted by Gasteiger charge is -2.19. The maximum absolute atomic E-state index is 5.43. The molecule has 0 bridgehead atoms. The van der Waals surface area contributed by atoms with Crippen molar-refractivity contribution in [3.05, 3.63) is 10.8 Å². The standard InChI is InChI=1S/C14H21N5OS/c1-2-4-11(3-1)15-9-12-18-19-13(16-17-14(19)21-12)10-5-7-20-8-6-10/h10-11,15H,1-9H2. The largest absolute Gasteiger partial charge is 0.381 e. The summed E-state index contributed by atoms with van der Waals surface area (Å²) in [5.41, 5.74) is 0. The predicted octanol–water partition coefficient (Wildman–Crippen LogP) is 2.11. The van der Waals surface area contributed by atoms with E-state index in [4.69, 9.17) is 9.84 Å². The zero-order valence-electron chi connectivity index (χ0n) is 12.1. The molecule has 1 aliphatic heterocycles. The van der Waals surface area contributed by atoms with Crippen LogP contribution in [0.15, 0.2) is 0 Å². The van der Waals surface area contributed by atoms with Gasteiger partial charge < -0.3 is 10.1 Å². The Morgan fingerprint density at radius 1 is 1.14 bits per heavy atom. The Morgan fingerprint density at radius 2 is 1.95 bits per heavy atom. The van der Waals surface area contributed by atoms with Gasteiger partial charge in [0.25, 0.3) is 0 Å². The van der Waals surface area contributed by atoms with Crippen LogP contribution in [-0.4, -0.2) is 39.1 Å². The minimum atomic E-state index is 0.437. The Morgan fingerprint density at radius 3 is 2.76 bits per heavy atom. The van der Waals surface area contributed by atoms with Crippen molar-refractivity contribution in [2.45, 2.75) is 57.0 Å². The third-order valence-electron chi connectivity index (χ3n) is 4.54. The van der Waals surface area contributed by atoms with Gasteiger partial charge in [-0.1, -0.05) is 24.2 Å². The van der Waals surface area contributed by atoms with Crippen LogP contribution in [0.5, 0.6) is 0 Å². The number of aromatic nitrogens is 4. The predicted molar refractivity (Wildman–Crippen MR) is 80.5 cm³/mol. The van der Waals surface area contributed by atoms with E-state index < -0.39 is 0 Å². The lowest BCUT2D eigenvalue weighted by atomic mass is 10.00. The summed E-state index contributed by atoms with van der Waals surface area (Å²) in [4.78, 5) is 0.916. The average molecular weight is 307 g/mol. The molecule has 0 spiro atoms. The fourth-order valence-electron chi connectivity index (χ4n) is 3.32. The van der Waals surface area contributed by atoms with Gasteiger partial charge in [-0.05, 0) is 25.7 Å². The number of nitrogens with one attached hydrogen (secondary N) is 1. The highest BCUT2D eigenvalue weighted by Gasteiger charge is 2.23. The molecule has 2 aliphatic rings. The molecule has 4 rings (SSSR count). The lowest BCUT2D eigenvalue weighted by Crippen LogP contribution is -2.25. The Balaban J connectivity index is 1.48. The van der Waals surface area contributed by atoms with Crippen molar-refractivity contribution in [1.82, 2.24) is 25.1 Å². The molecule has 2 aromatic heterocycles. The van der Waals surface area contributed by atoms with Gasteiger partial charge in [0.15, 0.2) is 5.82 Å². The number of rotatable bonds is 4. The molecule has 0 amide bonds. The van der Waals surface area contributed by atoms with Gasteiger partial charge >= 0.3 is 0 Å². The fraction of sp³-hybridized carbons (Fsp3) is 0.786. The summed E-state index contributed by atoms with van der Waals surface area (Å²) in [6.45, 7) is 2.49. The van der Waals surface area contributed by atoms with Crippen LogP contribution in [0.3, 0.4) is 0 Å². The summed E-state index contributed by atoms with van der Waals surface area (Å²) < 4.78 is 7.38. The summed E-state index contributed by atoms with van der Waals surface area (Å²) in [7, 11) is 0. The van der Waals surface area contributed by atoms with E-state index in [0.29, 0.717) is 12.0 Å². The van der Waals surface area contributed by atoms with E-state index in [1.165, 1.54) is 25.7 Å². The zero-order chi connectivity index (χ0) is 14.1. The lowest BCUT2D eigenvalue weighted by molar-refractivity contribution is 0.0831. The SMILES string of the molecule is C1CCC(NCc2nn3c(C4CCOCC4)nnc3s2)C1. The molecule has 7 heteroatoms. The van der Waals surface area contributed by atoms with Crippen LogP contribution in [0.2, 0.25) is 0 Å². The Labute approximate surface area is 127 Å². The van der Waals surface area contributed by atoms with Gasteiger partial charge in [0.2, 0.25) is 4.96 Å². The normalized spacial score (nSPS) is 21.5. The molecule has 1 saturated heterocycles. The molecule has 1 N–H and O–H groups in total. The highest BCUT2D eigenvalue weighted by molar-refractivity contribution is 7.16. The number of ether oxygens (including phenoxy) is 1. The van der Waals surface area contributed by atoms with Gasteiger partial charge in [0, 0.05) is 31.7 Å². The molecule has 21 heavy (non-hydrogen) atoms. The molecule has 0 aromatic carbocycles. The number of hydrogen-bond donors (Lipinski definition) is 1. The molecular formula is C14H21N5OS. The van der Waals surface area contributed by atoms with Crippen molar-refractivity contribution in [3.8, 4) is 0 Å². The summed E-state index contributed by atoms with van der Waals surface area (Å²) in [5, 5.41) is 18.1. The zero-order valence-corrected chi connectivity index (χ0v) is 12.9. The molecule has 0 radical (unpaired) electrons. The van der Waals surface area contributed by atoms with Crippen LogP contribution in [0.4, 0.5) is 0 Å². The molecule has 2 aromatic rings. The monoisotopic (exact) mass is 307 g/mol. The van der Waals surface area contributed by atoms with Crippen LogP contribution in [-0.2, 0) is 11.3 Å². The maximum atomic E-state index is 5.43. The fourth-order valence-corrected chi connectivity index (χ4v) is 4.11. The number of nitrogens with zero attached hydrogens (tertiary/aromatic N) is 4. The van der Waals surface area contributed by atoms with Crippen molar-refractivity contribution in [3.63, 3.8) is 0 Å². The first-order chi connectivity index (χ1) is 10.4. The second-order valence-corrected chi connectivity index (χ2v) is 7.04. The van der Waals surface area contributed by atoms with Gasteiger partial charge in [0.05, 0.1) is 0 Å². The van der Waals surface area contributed by atoms with Crippen LogP contribution >= 0.6 is 11.3 Å². The Hall–Kier alpha value is -1.05. The van der Waals surface area contributed by atoms with Gasteiger partial charge in [-0.25, -0.2) is 0 Å². The first kappa shape index (κ1) is 13.6. The van der Waals surface area contributed by atoms with Gasteiger partial charge in [-0.15, -0.1) is 10.2 Å². The van der Waals surface area contributed by atoms with E-state index >= 15 is 0 Å². The number of fused-ring (bicyclic) bond motifs is 1. The molecule has 6 nitrogen and oxygen atoms in total. The smallest absolute Gasteiger partial charge is 0.234 e. The van der Waals surface area contributed by atoms with E-state index in [1.54, 1.807) is 11.3 Å². The molecule has 0 unspecified atom stereocenters. The van der Waals surface area contributed by atoms with Crippen molar-refractivity contribution in [2.24, 2.45) is 0 Å². The Bertz CT molecular complexity index is 598. The Kier molecular flexibility index (Phi) is 3.87. The minimum absolute atomic E-state index is 0.437. The maximum Gasteiger partial charge on any atom is 0.234 e. The van der Waals surface area contributed by atoms with Gasteiger partial charge in [0.1, 0.15) is 5.01 Å². The average Bonchev–Trinajstić information content (AvgIpc) is 3.22. The molecule has 0 atom stereocenters. The highest BCUT2D eigenvalue weighted by Crippen LogP contribution is 2.27. The van der Waals surface area contributed by atoms with Gasteiger partial charge in [-0.3, -0.25) is 0 Å². The third-order valence-corrected chi connectivity index (χ3v) is 5.44. The minimum Gasteiger partial charge on any atom is -0.381 e. The van der Waals surface area contributed by atoms with Crippen LogP contribution in [0, 0.1) is 0 Å². The second-order valence-electron chi connectivity index (χ2n) is 6.00. The van der Waals surface area contributed by atoms with E-state index in [0.717, 1.165) is 48.4 Å². The van der Waals surface area contributed by atoms with Crippen molar-refractivity contribution in [2.75, 3.05) is 13.2 Å². The molecule has 1 aliphatic carbocycles. The first-order valence-electron chi connectivity index (χ1n) is 7.92. The summed E-state index contributed by atoms with van der Waals surface area (Å²) in [5.74, 6) is 1.45. The summed E-state index contributed by atoms with van der Waals surface area (Å²) >= 11 is 1.65. The molecule has 2 fully saturated rings. The molecule has 3 heterocycles. The van der Waals surface area contributed by atoms with Gasteiger partial charge in [-0.2, -0.15) is 9.61 Å². The topological polar surface area (TPSA) is 64.3 Å². The molecule has 114 valence electrons. The van der Waals surface area contributed by atoms with Crippen molar-refractivity contribution in [1.29, 1.82) is 0 Å². The molecular weight excluding hydrogens is 286 g/mol. The van der Waals surface area contributed by atoms with Crippen molar-refractivity contribution >= 4 is 16.3 Å². The van der Waals surface area contributed by atoms with E-state index in [1.807, 2.05) is 4.52 Å². The van der Waals surface area contributed by atoms with Crippen LogP contribution in [0.25, 0.3) is 4.96 Å². The first-order valence-corrected chi connectivity index (χ1v) is 8.74. The van der Waals surface area contributed by atoms with Crippen LogP contribution < -0.4 is 5.32 Å². The van der Waals surface area contributed by atoms with E-state index in [9.17, 15) is 0 Å². The van der Waals surface area contributed by atoms with E-state index in [2.05, 4.69) is 15.5 Å². The summed E-state index contributed by atoms with van der Waals surface area (Å²) in [6.07, 6.45) is 7.37. The van der Waals surface area contributed by atoms with E-state index in [-0.39, 0.29) is 0 Å². The van der Waals surface area contributed by atoms with Crippen molar-refractivity contribution < 1.29 is 4.74 Å². The summed E-state index contributed by atoms with van der Waals surface area (Å²) in [6, 6.07) is 0.675. The third kappa shape index (κ3) is 2.82. The molecule has 1 saturated carbocycles.